The van der Waals surface area contributed by atoms with E-state index in [1.165, 1.54) is 32.1 Å². The minimum absolute atomic E-state index is 0.106. The van der Waals surface area contributed by atoms with Gasteiger partial charge in [-0.15, -0.1) is 0 Å². The first-order chi connectivity index (χ1) is 10.2. The molecule has 2 atom stereocenters. The molecule has 6 heteroatoms. The summed E-state index contributed by atoms with van der Waals surface area (Å²) in [5, 5.41) is 3.12. The molecule has 0 aromatic rings. The number of hydrogen-bond acceptors (Lipinski definition) is 4. The molecule has 3 N–H and O–H groups in total. The largest absolute Gasteiger partial charge is 0.409 e. The molecule has 0 radical (unpaired) electrons. The highest BCUT2D eigenvalue weighted by Gasteiger charge is 2.57. The highest BCUT2D eigenvalue weighted by atomic mass is 28.4. The fourth-order valence-electron chi connectivity index (χ4n) is 4.09. The van der Waals surface area contributed by atoms with Gasteiger partial charge in [0.2, 0.25) is 5.91 Å². The topological polar surface area (TPSA) is 72.8 Å². The first-order valence-electron chi connectivity index (χ1n) is 8.60. The van der Waals surface area contributed by atoms with E-state index in [1.807, 2.05) is 13.8 Å². The van der Waals surface area contributed by atoms with E-state index in [4.69, 9.17) is 0 Å². The lowest BCUT2D eigenvalue weighted by atomic mass is 9.87. The van der Waals surface area contributed by atoms with E-state index in [-0.39, 0.29) is 17.1 Å². The van der Waals surface area contributed by atoms with Crippen LogP contribution in [0, 0.1) is 5.92 Å². The Labute approximate surface area is 135 Å². The van der Waals surface area contributed by atoms with Crippen molar-refractivity contribution in [2.45, 2.75) is 75.5 Å². The fraction of sp³-hybridized carbons (Fsp3) is 0.938. The monoisotopic (exact) mass is 328 g/mol. The van der Waals surface area contributed by atoms with Crippen molar-refractivity contribution in [3.8, 4) is 0 Å². The van der Waals surface area contributed by atoms with Gasteiger partial charge in [-0.3, -0.25) is 4.79 Å². The highest BCUT2D eigenvalue weighted by molar-refractivity contribution is 6.71. The third-order valence-electron chi connectivity index (χ3n) is 5.91. The number of carbonyl (C=O) groups is 1. The normalized spacial score (nSPS) is 28.2. The van der Waals surface area contributed by atoms with Crippen LogP contribution in [0.25, 0.3) is 0 Å². The Kier molecular flexibility index (Phi) is 5.37. The van der Waals surface area contributed by atoms with E-state index in [9.17, 15) is 14.4 Å². The zero-order valence-corrected chi connectivity index (χ0v) is 15.4. The van der Waals surface area contributed by atoms with Crippen molar-refractivity contribution in [2.75, 3.05) is 14.1 Å². The third-order valence-corrected chi connectivity index (χ3v) is 8.94. The SMILES string of the molecule is CNC(CC1CCCCC1)[Si](O)(O)[C@@H]1CC(C)(C)N(C)C1=O. The molecule has 0 bridgehead atoms. The van der Waals surface area contributed by atoms with Gasteiger partial charge in [-0.05, 0) is 39.7 Å². The van der Waals surface area contributed by atoms with Crippen molar-refractivity contribution in [2.24, 2.45) is 5.92 Å². The number of nitrogens with one attached hydrogen (secondary N) is 1. The van der Waals surface area contributed by atoms with Crippen molar-refractivity contribution in [1.82, 2.24) is 10.2 Å². The van der Waals surface area contributed by atoms with Crippen LogP contribution >= 0.6 is 0 Å². The average molecular weight is 329 g/mol. The summed E-state index contributed by atoms with van der Waals surface area (Å²) in [6.07, 6.45) is 7.43. The zero-order valence-electron chi connectivity index (χ0n) is 14.4. The Bertz CT molecular complexity index is 408. The Balaban J connectivity index is 2.10. The van der Waals surface area contributed by atoms with E-state index in [0.717, 1.165) is 6.42 Å². The summed E-state index contributed by atoms with van der Waals surface area (Å²) in [5.74, 6) is 0.449. The van der Waals surface area contributed by atoms with Crippen LogP contribution in [0.15, 0.2) is 0 Å². The van der Waals surface area contributed by atoms with Crippen LogP contribution in [0.5, 0.6) is 0 Å². The molecule has 0 aromatic carbocycles. The molecule has 1 amide bonds. The maximum absolute atomic E-state index is 12.5. The van der Waals surface area contributed by atoms with Crippen LogP contribution < -0.4 is 5.32 Å². The summed E-state index contributed by atoms with van der Waals surface area (Å²) in [6, 6.07) is 0. The van der Waals surface area contributed by atoms with Gasteiger partial charge in [-0.25, -0.2) is 0 Å². The Hall–Kier alpha value is -0.433. The molecule has 5 nitrogen and oxygen atoms in total. The Morgan fingerprint density at radius 2 is 1.91 bits per heavy atom. The Morgan fingerprint density at radius 1 is 1.32 bits per heavy atom. The number of rotatable bonds is 5. The summed E-state index contributed by atoms with van der Waals surface area (Å²) in [6.45, 7) is 3.98. The molecule has 1 saturated heterocycles. The minimum Gasteiger partial charge on any atom is -0.409 e. The lowest BCUT2D eigenvalue weighted by molar-refractivity contribution is -0.129. The van der Waals surface area contributed by atoms with Crippen LogP contribution in [-0.4, -0.2) is 54.3 Å². The average Bonchev–Trinajstić information content (AvgIpc) is 2.69. The van der Waals surface area contributed by atoms with E-state index >= 15 is 0 Å². The standard InChI is InChI=1S/C16H32N2O3Si/c1-16(2)11-13(15(19)18(16)4)22(20,21)14(17-3)10-12-8-6-5-7-9-12/h12-14,17,20-21H,5-11H2,1-4H3/t13-,14?/m1/s1. The molecule has 1 heterocycles. The predicted molar refractivity (Wildman–Crippen MR) is 89.4 cm³/mol. The summed E-state index contributed by atoms with van der Waals surface area (Å²) < 4.78 is 0. The summed E-state index contributed by atoms with van der Waals surface area (Å²) in [4.78, 5) is 36.0. The quantitative estimate of drug-likeness (QED) is 0.669. The van der Waals surface area contributed by atoms with Gasteiger partial charge in [-0.1, -0.05) is 32.1 Å². The van der Waals surface area contributed by atoms with Gasteiger partial charge >= 0.3 is 8.56 Å². The number of amides is 1. The summed E-state index contributed by atoms with van der Waals surface area (Å²) in [5.41, 5.74) is -1.24. The molecular weight excluding hydrogens is 296 g/mol. The van der Waals surface area contributed by atoms with Gasteiger partial charge in [0.15, 0.2) is 0 Å². The second-order valence-corrected chi connectivity index (χ2v) is 10.8. The van der Waals surface area contributed by atoms with Crippen molar-refractivity contribution >= 4 is 14.5 Å². The zero-order chi connectivity index (χ0) is 16.5. The molecule has 2 rings (SSSR count). The van der Waals surface area contributed by atoms with Crippen LogP contribution in [0.1, 0.15) is 58.8 Å². The van der Waals surface area contributed by atoms with Crippen molar-refractivity contribution in [3.05, 3.63) is 0 Å². The van der Waals surface area contributed by atoms with E-state index in [0.29, 0.717) is 12.3 Å². The predicted octanol–water partition coefficient (Wildman–Crippen LogP) is 1.52. The highest BCUT2D eigenvalue weighted by Crippen LogP contribution is 2.42. The summed E-state index contributed by atoms with van der Waals surface area (Å²) in [7, 11) is -0.126. The van der Waals surface area contributed by atoms with Crippen LogP contribution in [-0.2, 0) is 4.79 Å². The van der Waals surface area contributed by atoms with Gasteiger partial charge in [0.05, 0.1) is 11.2 Å². The maximum atomic E-state index is 12.5. The van der Waals surface area contributed by atoms with Gasteiger partial charge in [-0.2, -0.15) is 0 Å². The number of carbonyl (C=O) groups excluding carboxylic acids is 1. The molecule has 1 saturated carbocycles. The van der Waals surface area contributed by atoms with E-state index in [1.54, 1.807) is 19.0 Å². The molecule has 1 aliphatic heterocycles. The molecule has 0 aromatic heterocycles. The molecule has 22 heavy (non-hydrogen) atoms. The molecule has 0 spiro atoms. The lowest BCUT2D eigenvalue weighted by Crippen LogP contribution is -2.60. The molecule has 2 aliphatic rings. The molecule has 1 aliphatic carbocycles. The number of hydrogen-bond donors (Lipinski definition) is 3. The van der Waals surface area contributed by atoms with Crippen LogP contribution in [0.3, 0.4) is 0 Å². The van der Waals surface area contributed by atoms with Crippen molar-refractivity contribution in [1.29, 1.82) is 0 Å². The van der Waals surface area contributed by atoms with Crippen molar-refractivity contribution in [3.63, 3.8) is 0 Å². The molecule has 128 valence electrons. The van der Waals surface area contributed by atoms with E-state index < -0.39 is 14.1 Å². The molecule has 1 unspecified atom stereocenters. The number of nitrogens with zero attached hydrogens (tertiary/aromatic N) is 1. The summed E-state index contributed by atoms with van der Waals surface area (Å²) >= 11 is 0. The van der Waals surface area contributed by atoms with Crippen LogP contribution in [0.2, 0.25) is 5.54 Å². The van der Waals surface area contributed by atoms with Gasteiger partial charge in [0.1, 0.15) is 0 Å². The second-order valence-electron chi connectivity index (χ2n) is 7.83. The van der Waals surface area contributed by atoms with Gasteiger partial charge in [0.25, 0.3) is 0 Å². The lowest BCUT2D eigenvalue weighted by Gasteiger charge is -2.35. The van der Waals surface area contributed by atoms with Crippen molar-refractivity contribution < 1.29 is 14.4 Å². The van der Waals surface area contributed by atoms with E-state index in [2.05, 4.69) is 5.32 Å². The van der Waals surface area contributed by atoms with Gasteiger partial charge < -0.3 is 19.8 Å². The Morgan fingerprint density at radius 3 is 2.36 bits per heavy atom. The van der Waals surface area contributed by atoms with Crippen LogP contribution in [0.4, 0.5) is 0 Å². The first kappa shape index (κ1) is 17.9. The fourth-order valence-corrected chi connectivity index (χ4v) is 7.04. The molecule has 2 fully saturated rings. The third kappa shape index (κ3) is 3.40. The maximum Gasteiger partial charge on any atom is 0.363 e. The van der Waals surface area contributed by atoms with Gasteiger partial charge in [0, 0.05) is 12.6 Å². The minimum atomic E-state index is -3.68. The second kappa shape index (κ2) is 6.59. The first-order valence-corrected chi connectivity index (χ1v) is 10.6. The smallest absolute Gasteiger partial charge is 0.363 e. The molecular formula is C16H32N2O3Si. The number of likely N-dealkylation sites (tertiary alicyclic amines) is 1.